The second kappa shape index (κ2) is 9.20. The summed E-state index contributed by atoms with van der Waals surface area (Å²) in [6.07, 6.45) is -0.855. The van der Waals surface area contributed by atoms with E-state index in [0.29, 0.717) is 28.3 Å². The highest BCUT2D eigenvalue weighted by Gasteiger charge is 2.19. The molecule has 3 aromatic carbocycles. The number of ether oxygens (including phenoxy) is 1. The van der Waals surface area contributed by atoms with Crippen LogP contribution in [0.3, 0.4) is 0 Å². The van der Waals surface area contributed by atoms with E-state index in [9.17, 15) is 9.59 Å². The molecule has 0 aliphatic heterocycles. The minimum absolute atomic E-state index is 0.300. The fourth-order valence-corrected chi connectivity index (χ4v) is 2.63. The lowest BCUT2D eigenvalue weighted by Gasteiger charge is -2.17. The lowest BCUT2D eigenvalue weighted by atomic mass is 10.1. The summed E-state index contributed by atoms with van der Waals surface area (Å²) in [6.45, 7) is 1.59. The summed E-state index contributed by atoms with van der Waals surface area (Å²) in [7, 11) is 0. The number of nitrogens with one attached hydrogen (secondary N) is 2. The van der Waals surface area contributed by atoms with E-state index >= 15 is 0 Å². The third-order valence-electron chi connectivity index (χ3n) is 4.10. The Balaban J connectivity index is 1.70. The van der Waals surface area contributed by atoms with Gasteiger partial charge in [0.2, 0.25) is 0 Å². The molecule has 6 nitrogen and oxygen atoms in total. The SMILES string of the molecule is C[C@@H](Oc1ccccc1C(=O)Nc1ccccc1)C(=O)Nc1cccc(C#N)c1. The van der Waals surface area contributed by atoms with Gasteiger partial charge in [-0.25, -0.2) is 0 Å². The maximum absolute atomic E-state index is 12.6. The van der Waals surface area contributed by atoms with Gasteiger partial charge in [-0.3, -0.25) is 9.59 Å². The van der Waals surface area contributed by atoms with Crippen LogP contribution in [0.1, 0.15) is 22.8 Å². The van der Waals surface area contributed by atoms with Gasteiger partial charge in [0.05, 0.1) is 17.2 Å². The molecule has 0 aromatic heterocycles. The topological polar surface area (TPSA) is 91.2 Å². The van der Waals surface area contributed by atoms with Crippen molar-refractivity contribution in [1.82, 2.24) is 0 Å². The van der Waals surface area contributed by atoms with E-state index in [4.69, 9.17) is 10.00 Å². The van der Waals surface area contributed by atoms with Gasteiger partial charge in [0.1, 0.15) is 5.75 Å². The third kappa shape index (κ3) is 5.21. The first-order valence-corrected chi connectivity index (χ1v) is 9.00. The van der Waals surface area contributed by atoms with Crippen molar-refractivity contribution < 1.29 is 14.3 Å². The number of hydrogen-bond donors (Lipinski definition) is 2. The standard InChI is InChI=1S/C23H19N3O3/c1-16(22(27)26-19-11-7-8-17(14-19)15-24)29-21-13-6-5-12-20(21)23(28)25-18-9-3-2-4-10-18/h2-14,16H,1H3,(H,25,28)(H,26,27)/t16-/m1/s1. The molecule has 0 aliphatic carbocycles. The molecule has 3 aromatic rings. The van der Waals surface area contributed by atoms with E-state index in [0.717, 1.165) is 0 Å². The van der Waals surface area contributed by atoms with Crippen molar-refractivity contribution in [2.24, 2.45) is 0 Å². The number of para-hydroxylation sites is 2. The van der Waals surface area contributed by atoms with Crippen molar-refractivity contribution >= 4 is 23.2 Å². The molecule has 6 heteroatoms. The van der Waals surface area contributed by atoms with Crippen molar-refractivity contribution in [1.29, 1.82) is 5.26 Å². The number of hydrogen-bond acceptors (Lipinski definition) is 4. The molecule has 1 atom stereocenters. The van der Waals surface area contributed by atoms with Gasteiger partial charge in [0.25, 0.3) is 11.8 Å². The average Bonchev–Trinajstić information content (AvgIpc) is 2.75. The molecule has 0 saturated heterocycles. The quantitative estimate of drug-likeness (QED) is 0.665. The normalized spacial score (nSPS) is 11.0. The summed E-state index contributed by atoms with van der Waals surface area (Å²) in [5.41, 5.74) is 1.93. The van der Waals surface area contributed by atoms with Crippen LogP contribution in [0.5, 0.6) is 5.75 Å². The summed E-state index contributed by atoms with van der Waals surface area (Å²) in [6, 6.07) is 24.4. The van der Waals surface area contributed by atoms with Gasteiger partial charge in [-0.05, 0) is 49.4 Å². The van der Waals surface area contributed by atoms with Crippen LogP contribution in [0, 0.1) is 11.3 Å². The minimum Gasteiger partial charge on any atom is -0.480 e. The maximum Gasteiger partial charge on any atom is 0.265 e. The zero-order chi connectivity index (χ0) is 20.6. The van der Waals surface area contributed by atoms with Gasteiger partial charge in [0.15, 0.2) is 6.10 Å². The van der Waals surface area contributed by atoms with Gasteiger partial charge >= 0.3 is 0 Å². The Hall–Kier alpha value is -4.11. The number of carbonyl (C=O) groups excluding carboxylic acids is 2. The van der Waals surface area contributed by atoms with E-state index in [1.807, 2.05) is 24.3 Å². The van der Waals surface area contributed by atoms with Gasteiger partial charge < -0.3 is 15.4 Å². The second-order valence-electron chi connectivity index (χ2n) is 6.26. The van der Waals surface area contributed by atoms with Crippen LogP contribution < -0.4 is 15.4 Å². The largest absolute Gasteiger partial charge is 0.480 e. The van der Waals surface area contributed by atoms with Crippen molar-refractivity contribution in [2.75, 3.05) is 10.6 Å². The van der Waals surface area contributed by atoms with Crippen LogP contribution in [0.15, 0.2) is 78.9 Å². The molecule has 0 saturated carbocycles. The fraction of sp³-hybridized carbons (Fsp3) is 0.0870. The van der Waals surface area contributed by atoms with E-state index in [1.165, 1.54) is 0 Å². The molecule has 0 heterocycles. The van der Waals surface area contributed by atoms with Crippen molar-refractivity contribution in [3.8, 4) is 11.8 Å². The number of amides is 2. The molecular weight excluding hydrogens is 366 g/mol. The van der Waals surface area contributed by atoms with Gasteiger partial charge in [-0.2, -0.15) is 5.26 Å². The Morgan fingerprint density at radius 1 is 0.897 bits per heavy atom. The highest BCUT2D eigenvalue weighted by molar-refractivity contribution is 6.06. The van der Waals surface area contributed by atoms with Crippen molar-refractivity contribution in [3.05, 3.63) is 90.0 Å². The summed E-state index contributed by atoms with van der Waals surface area (Å²) >= 11 is 0. The Bertz CT molecular complexity index is 1060. The van der Waals surface area contributed by atoms with Crippen molar-refractivity contribution in [2.45, 2.75) is 13.0 Å². The van der Waals surface area contributed by atoms with Crippen LogP contribution in [-0.2, 0) is 4.79 Å². The Morgan fingerprint density at radius 3 is 2.34 bits per heavy atom. The molecule has 0 fully saturated rings. The van der Waals surface area contributed by atoms with Crippen molar-refractivity contribution in [3.63, 3.8) is 0 Å². The van der Waals surface area contributed by atoms with E-state index in [-0.39, 0.29) is 5.91 Å². The van der Waals surface area contributed by atoms with Crippen LogP contribution in [0.2, 0.25) is 0 Å². The Labute approximate surface area is 168 Å². The smallest absolute Gasteiger partial charge is 0.265 e. The predicted octanol–water partition coefficient (Wildman–Crippen LogP) is 4.22. The molecular formula is C23H19N3O3. The van der Waals surface area contributed by atoms with Crippen LogP contribution in [0.25, 0.3) is 0 Å². The summed E-state index contributed by atoms with van der Waals surface area (Å²) < 4.78 is 5.76. The first-order valence-electron chi connectivity index (χ1n) is 9.00. The number of rotatable bonds is 6. The molecule has 0 spiro atoms. The maximum atomic E-state index is 12.6. The molecule has 2 amide bonds. The summed E-state index contributed by atoms with van der Waals surface area (Å²) in [4.78, 5) is 25.1. The fourth-order valence-electron chi connectivity index (χ4n) is 2.63. The Morgan fingerprint density at radius 2 is 1.59 bits per heavy atom. The number of nitrogens with zero attached hydrogens (tertiary/aromatic N) is 1. The van der Waals surface area contributed by atoms with Crippen LogP contribution in [0.4, 0.5) is 11.4 Å². The lowest BCUT2D eigenvalue weighted by Crippen LogP contribution is -2.30. The summed E-state index contributed by atoms with van der Waals surface area (Å²) in [5.74, 6) is -0.422. The van der Waals surface area contributed by atoms with Crippen LogP contribution in [-0.4, -0.2) is 17.9 Å². The monoisotopic (exact) mass is 385 g/mol. The highest BCUT2D eigenvalue weighted by atomic mass is 16.5. The number of benzene rings is 3. The number of nitriles is 1. The molecule has 0 aliphatic rings. The van der Waals surface area contributed by atoms with E-state index in [2.05, 4.69) is 10.6 Å². The first kappa shape index (κ1) is 19.6. The van der Waals surface area contributed by atoms with Gasteiger partial charge in [0, 0.05) is 11.4 Å². The first-order chi connectivity index (χ1) is 14.1. The molecule has 0 radical (unpaired) electrons. The number of anilines is 2. The molecule has 0 unspecified atom stereocenters. The predicted molar refractivity (Wildman–Crippen MR) is 111 cm³/mol. The Kier molecular flexibility index (Phi) is 6.23. The number of carbonyl (C=O) groups is 2. The molecule has 3 rings (SSSR count). The lowest BCUT2D eigenvalue weighted by molar-refractivity contribution is -0.122. The molecule has 144 valence electrons. The van der Waals surface area contributed by atoms with Gasteiger partial charge in [-0.15, -0.1) is 0 Å². The third-order valence-corrected chi connectivity index (χ3v) is 4.10. The molecule has 29 heavy (non-hydrogen) atoms. The summed E-state index contributed by atoms with van der Waals surface area (Å²) in [5, 5.41) is 14.5. The molecule has 2 N–H and O–H groups in total. The van der Waals surface area contributed by atoms with Crippen LogP contribution >= 0.6 is 0 Å². The van der Waals surface area contributed by atoms with E-state index in [1.54, 1.807) is 67.6 Å². The van der Waals surface area contributed by atoms with Gasteiger partial charge in [-0.1, -0.05) is 36.4 Å². The highest BCUT2D eigenvalue weighted by Crippen LogP contribution is 2.21. The molecule has 0 bridgehead atoms. The van der Waals surface area contributed by atoms with E-state index < -0.39 is 12.0 Å². The zero-order valence-electron chi connectivity index (χ0n) is 15.8. The average molecular weight is 385 g/mol. The second-order valence-corrected chi connectivity index (χ2v) is 6.26. The minimum atomic E-state index is -0.855. The zero-order valence-corrected chi connectivity index (χ0v) is 15.8.